The summed E-state index contributed by atoms with van der Waals surface area (Å²) in [7, 11) is 1.43. The van der Waals surface area contributed by atoms with Crippen molar-refractivity contribution in [2.75, 3.05) is 0 Å². The molecule has 0 aliphatic carbocycles. The van der Waals surface area contributed by atoms with E-state index in [1.54, 1.807) is 0 Å². The van der Waals surface area contributed by atoms with Crippen molar-refractivity contribution in [2.45, 2.75) is 24.9 Å². The third-order valence-corrected chi connectivity index (χ3v) is 4.83. The van der Waals surface area contributed by atoms with E-state index in [2.05, 4.69) is 0 Å². The van der Waals surface area contributed by atoms with E-state index in [1.165, 1.54) is 50.4 Å². The van der Waals surface area contributed by atoms with Crippen molar-refractivity contribution < 1.29 is 22.7 Å². The number of rotatable bonds is 3. The SMILES string of the molecule is CC(c1ccc(O)cc1Cl)C(c1ccc2oc(=O)n(C)c2c1)C(F)(F)F. The summed E-state index contributed by atoms with van der Waals surface area (Å²) >= 11 is 6.04. The van der Waals surface area contributed by atoms with Crippen LogP contribution in [0.1, 0.15) is 29.9 Å². The number of fused-ring (bicyclic) bond motifs is 1. The first-order valence-electron chi connectivity index (χ1n) is 7.74. The fraction of sp³-hybridized carbons (Fsp3) is 0.278. The highest BCUT2D eigenvalue weighted by molar-refractivity contribution is 6.31. The molecule has 1 N–H and O–H groups in total. The molecule has 1 aromatic heterocycles. The van der Waals surface area contributed by atoms with Gasteiger partial charge in [-0.2, -0.15) is 13.2 Å². The molecule has 26 heavy (non-hydrogen) atoms. The van der Waals surface area contributed by atoms with E-state index >= 15 is 0 Å². The van der Waals surface area contributed by atoms with E-state index in [9.17, 15) is 23.1 Å². The Bertz CT molecular complexity index is 1020. The maximum Gasteiger partial charge on any atom is 0.419 e. The fourth-order valence-electron chi connectivity index (χ4n) is 3.16. The van der Waals surface area contributed by atoms with Crippen LogP contribution in [0, 0.1) is 0 Å². The highest BCUT2D eigenvalue weighted by Crippen LogP contribution is 2.47. The van der Waals surface area contributed by atoms with Crippen LogP contribution in [0.2, 0.25) is 5.02 Å². The molecule has 0 aliphatic heterocycles. The van der Waals surface area contributed by atoms with Crippen molar-refractivity contribution in [3.8, 4) is 5.75 Å². The number of alkyl halides is 3. The topological polar surface area (TPSA) is 55.4 Å². The Balaban J connectivity index is 2.14. The van der Waals surface area contributed by atoms with Crippen LogP contribution in [0.3, 0.4) is 0 Å². The van der Waals surface area contributed by atoms with Gasteiger partial charge < -0.3 is 9.52 Å². The third-order valence-electron chi connectivity index (χ3n) is 4.50. The molecule has 0 amide bonds. The largest absolute Gasteiger partial charge is 0.508 e. The second-order valence-corrected chi connectivity index (χ2v) is 6.58. The maximum atomic E-state index is 13.9. The van der Waals surface area contributed by atoms with Crippen molar-refractivity contribution >= 4 is 22.7 Å². The van der Waals surface area contributed by atoms with Crippen LogP contribution in [-0.2, 0) is 7.05 Å². The summed E-state index contributed by atoms with van der Waals surface area (Å²) in [5.74, 6) is -3.62. The number of hydrogen-bond donors (Lipinski definition) is 1. The van der Waals surface area contributed by atoms with Gasteiger partial charge >= 0.3 is 11.9 Å². The van der Waals surface area contributed by atoms with E-state index in [0.29, 0.717) is 0 Å². The monoisotopic (exact) mass is 385 g/mol. The predicted octanol–water partition coefficient (Wildman–Crippen LogP) is 4.94. The summed E-state index contributed by atoms with van der Waals surface area (Å²) < 4.78 is 47.8. The van der Waals surface area contributed by atoms with Crippen molar-refractivity contribution in [1.29, 1.82) is 0 Å². The van der Waals surface area contributed by atoms with Crippen molar-refractivity contribution in [3.05, 3.63) is 63.1 Å². The van der Waals surface area contributed by atoms with E-state index < -0.39 is 23.8 Å². The van der Waals surface area contributed by atoms with E-state index in [1.807, 2.05) is 0 Å². The summed E-state index contributed by atoms with van der Waals surface area (Å²) in [4.78, 5) is 11.6. The van der Waals surface area contributed by atoms with Gasteiger partial charge in [-0.3, -0.25) is 4.57 Å². The Labute approximate surface area is 151 Å². The highest BCUT2D eigenvalue weighted by atomic mass is 35.5. The van der Waals surface area contributed by atoms with E-state index in [0.717, 1.165) is 4.57 Å². The number of hydrogen-bond acceptors (Lipinski definition) is 3. The quantitative estimate of drug-likeness (QED) is 0.694. The van der Waals surface area contributed by atoms with Crippen molar-refractivity contribution in [1.82, 2.24) is 4.57 Å². The van der Waals surface area contributed by atoms with Gasteiger partial charge in [-0.05, 0) is 41.3 Å². The maximum absolute atomic E-state index is 13.9. The molecule has 0 spiro atoms. The van der Waals surface area contributed by atoms with Gasteiger partial charge in [-0.15, -0.1) is 0 Å². The lowest BCUT2D eigenvalue weighted by molar-refractivity contribution is -0.154. The molecule has 2 atom stereocenters. The normalized spacial score (nSPS) is 14.5. The molecular weight excluding hydrogens is 371 g/mol. The minimum Gasteiger partial charge on any atom is -0.508 e. The molecule has 3 aromatic rings. The summed E-state index contributed by atoms with van der Waals surface area (Å²) in [5, 5.41) is 9.50. The summed E-state index contributed by atoms with van der Waals surface area (Å²) in [6, 6.07) is 7.86. The average molecular weight is 386 g/mol. The van der Waals surface area contributed by atoms with E-state index in [4.69, 9.17) is 16.0 Å². The lowest BCUT2D eigenvalue weighted by atomic mass is 9.82. The van der Waals surface area contributed by atoms with Crippen LogP contribution < -0.4 is 5.76 Å². The Morgan fingerprint density at radius 3 is 2.50 bits per heavy atom. The van der Waals surface area contributed by atoms with Crippen LogP contribution in [0.4, 0.5) is 13.2 Å². The van der Waals surface area contributed by atoms with Crippen LogP contribution in [-0.4, -0.2) is 15.8 Å². The number of nitrogens with zero attached hydrogens (tertiary/aromatic N) is 1. The molecule has 138 valence electrons. The number of phenols is 1. The van der Waals surface area contributed by atoms with Gasteiger partial charge in [-0.25, -0.2) is 4.79 Å². The first-order valence-corrected chi connectivity index (χ1v) is 8.12. The van der Waals surface area contributed by atoms with Gasteiger partial charge in [0.1, 0.15) is 5.75 Å². The predicted molar refractivity (Wildman–Crippen MR) is 91.8 cm³/mol. The average Bonchev–Trinajstić information content (AvgIpc) is 2.81. The van der Waals surface area contributed by atoms with Gasteiger partial charge in [0.2, 0.25) is 0 Å². The van der Waals surface area contributed by atoms with Gasteiger partial charge in [0.05, 0.1) is 11.4 Å². The fourth-order valence-corrected chi connectivity index (χ4v) is 3.51. The van der Waals surface area contributed by atoms with Crippen LogP contribution in [0.25, 0.3) is 11.1 Å². The number of aryl methyl sites for hydroxylation is 1. The number of benzene rings is 2. The molecule has 0 bridgehead atoms. The summed E-state index contributed by atoms with van der Waals surface area (Å²) in [6.07, 6.45) is -4.54. The second-order valence-electron chi connectivity index (χ2n) is 6.17. The highest BCUT2D eigenvalue weighted by Gasteiger charge is 2.45. The lowest BCUT2D eigenvalue weighted by Crippen LogP contribution is -2.26. The number of aromatic nitrogens is 1. The van der Waals surface area contributed by atoms with Gasteiger partial charge in [-0.1, -0.05) is 30.7 Å². The van der Waals surface area contributed by atoms with Crippen LogP contribution >= 0.6 is 11.6 Å². The van der Waals surface area contributed by atoms with Gasteiger partial charge in [0.25, 0.3) is 0 Å². The zero-order chi connectivity index (χ0) is 19.2. The lowest BCUT2D eigenvalue weighted by Gasteiger charge is -2.28. The number of aromatic hydroxyl groups is 1. The van der Waals surface area contributed by atoms with Crippen LogP contribution in [0.5, 0.6) is 5.75 Å². The first-order chi connectivity index (χ1) is 12.1. The second kappa shape index (κ2) is 6.39. The van der Waals surface area contributed by atoms with E-state index in [-0.39, 0.29) is 33.0 Å². The van der Waals surface area contributed by atoms with Crippen LogP contribution in [0.15, 0.2) is 45.6 Å². The summed E-state index contributed by atoms with van der Waals surface area (Å²) in [5.41, 5.74) is 0.772. The standard InChI is InChI=1S/C18H15ClF3NO3/c1-9(12-5-4-11(24)8-13(12)19)16(18(20,21)22)10-3-6-15-14(7-10)23(2)17(25)26-15/h3-9,16,24H,1-2H3. The van der Waals surface area contributed by atoms with Gasteiger partial charge in [0.15, 0.2) is 5.58 Å². The zero-order valence-electron chi connectivity index (χ0n) is 13.8. The third kappa shape index (κ3) is 3.19. The minimum absolute atomic E-state index is 0.00181. The Morgan fingerprint density at radius 2 is 1.88 bits per heavy atom. The molecule has 1 heterocycles. The van der Waals surface area contributed by atoms with Gasteiger partial charge in [0, 0.05) is 12.1 Å². The molecule has 0 fully saturated rings. The molecule has 0 saturated heterocycles. The molecule has 0 aliphatic rings. The Morgan fingerprint density at radius 1 is 1.19 bits per heavy atom. The minimum atomic E-state index is -4.54. The molecule has 2 aromatic carbocycles. The summed E-state index contributed by atoms with van der Waals surface area (Å²) in [6.45, 7) is 1.43. The molecule has 0 saturated carbocycles. The molecular formula is C18H15ClF3NO3. The molecule has 2 unspecified atom stereocenters. The smallest absolute Gasteiger partial charge is 0.419 e. The zero-order valence-corrected chi connectivity index (χ0v) is 14.6. The molecule has 0 radical (unpaired) electrons. The molecule has 8 heteroatoms. The Hall–Kier alpha value is -2.41. The Kier molecular flexibility index (Phi) is 4.52. The van der Waals surface area contributed by atoms with Crippen molar-refractivity contribution in [2.24, 2.45) is 7.05 Å². The first kappa shape index (κ1) is 18.4. The number of oxazole rings is 1. The molecule has 4 nitrogen and oxygen atoms in total. The number of halogens is 4. The van der Waals surface area contributed by atoms with Crippen molar-refractivity contribution in [3.63, 3.8) is 0 Å². The number of phenolic OH excluding ortho intramolecular Hbond substituents is 1. The molecule has 3 rings (SSSR count).